The van der Waals surface area contributed by atoms with Crippen LogP contribution in [0.3, 0.4) is 0 Å². The summed E-state index contributed by atoms with van der Waals surface area (Å²) in [5, 5.41) is 2.44. The van der Waals surface area contributed by atoms with Gasteiger partial charge in [0.2, 0.25) is 0 Å². The van der Waals surface area contributed by atoms with E-state index in [9.17, 15) is 9.18 Å². The molecule has 0 heterocycles. The molecule has 0 spiro atoms. The van der Waals surface area contributed by atoms with Gasteiger partial charge in [-0.2, -0.15) is 0 Å². The molecule has 0 bridgehead atoms. The molecule has 0 aliphatic carbocycles. The summed E-state index contributed by atoms with van der Waals surface area (Å²) in [6.45, 7) is 0.311. The van der Waals surface area contributed by atoms with E-state index in [1.807, 2.05) is 0 Å². The zero-order valence-electron chi connectivity index (χ0n) is 8.75. The van der Waals surface area contributed by atoms with Crippen molar-refractivity contribution in [2.24, 2.45) is 5.73 Å². The van der Waals surface area contributed by atoms with Gasteiger partial charge in [-0.3, -0.25) is 0 Å². The molecule has 0 unspecified atom stereocenters. The highest BCUT2D eigenvalue weighted by molar-refractivity contribution is 5.89. The maximum absolute atomic E-state index is 13.3. The first-order chi connectivity index (χ1) is 7.04. The van der Waals surface area contributed by atoms with Crippen molar-refractivity contribution in [3.8, 4) is 0 Å². The van der Waals surface area contributed by atoms with E-state index in [0.29, 0.717) is 6.54 Å². The van der Waals surface area contributed by atoms with E-state index in [1.165, 1.54) is 17.0 Å². The third-order valence-corrected chi connectivity index (χ3v) is 1.91. The zero-order chi connectivity index (χ0) is 11.4. The van der Waals surface area contributed by atoms with Gasteiger partial charge >= 0.3 is 6.03 Å². The molecule has 4 nitrogen and oxygen atoms in total. The van der Waals surface area contributed by atoms with Crippen molar-refractivity contribution in [3.05, 3.63) is 29.6 Å². The van der Waals surface area contributed by atoms with Crippen molar-refractivity contribution < 1.29 is 9.18 Å². The summed E-state index contributed by atoms with van der Waals surface area (Å²) >= 11 is 0. The van der Waals surface area contributed by atoms with Crippen molar-refractivity contribution in [1.82, 2.24) is 4.90 Å². The fourth-order valence-corrected chi connectivity index (χ4v) is 1.02. The number of nitrogens with one attached hydrogen (secondary N) is 1. The summed E-state index contributed by atoms with van der Waals surface area (Å²) in [5.74, 6) is -0.470. The van der Waals surface area contributed by atoms with Crippen LogP contribution in [0.1, 0.15) is 5.56 Å². The first-order valence-electron chi connectivity index (χ1n) is 4.51. The number of halogens is 1. The number of nitrogens with zero attached hydrogens (tertiary/aromatic N) is 1. The Morgan fingerprint density at radius 3 is 2.73 bits per heavy atom. The molecule has 0 saturated heterocycles. The van der Waals surface area contributed by atoms with Crippen LogP contribution in [-0.4, -0.2) is 25.0 Å². The van der Waals surface area contributed by atoms with E-state index in [1.54, 1.807) is 20.2 Å². The van der Waals surface area contributed by atoms with Crippen molar-refractivity contribution in [3.63, 3.8) is 0 Å². The van der Waals surface area contributed by atoms with Gasteiger partial charge in [0.25, 0.3) is 0 Å². The smallest absolute Gasteiger partial charge is 0.321 e. The Bertz CT molecular complexity index is 366. The third-order valence-electron chi connectivity index (χ3n) is 1.91. The lowest BCUT2D eigenvalue weighted by molar-refractivity contribution is 0.230. The minimum Gasteiger partial charge on any atom is -0.331 e. The Morgan fingerprint density at radius 2 is 2.20 bits per heavy atom. The second kappa shape index (κ2) is 4.75. The zero-order valence-corrected chi connectivity index (χ0v) is 8.75. The Labute approximate surface area is 87.9 Å². The molecule has 0 aliphatic heterocycles. The predicted molar refractivity (Wildman–Crippen MR) is 57.0 cm³/mol. The number of anilines is 1. The summed E-state index contributed by atoms with van der Waals surface area (Å²) in [4.78, 5) is 12.6. The average molecular weight is 211 g/mol. The van der Waals surface area contributed by atoms with Gasteiger partial charge in [0, 0.05) is 20.6 Å². The number of hydrogen-bond donors (Lipinski definition) is 2. The Kier molecular flexibility index (Phi) is 3.62. The van der Waals surface area contributed by atoms with E-state index < -0.39 is 5.82 Å². The molecular weight excluding hydrogens is 197 g/mol. The van der Waals surface area contributed by atoms with Crippen LogP contribution in [0.5, 0.6) is 0 Å². The number of hydrogen-bond acceptors (Lipinski definition) is 2. The van der Waals surface area contributed by atoms with Crippen LogP contribution in [0.15, 0.2) is 18.2 Å². The number of carbonyl (C=O) groups is 1. The molecular formula is C10H14FN3O. The van der Waals surface area contributed by atoms with Gasteiger partial charge in [-0.15, -0.1) is 0 Å². The second-order valence-corrected chi connectivity index (χ2v) is 3.34. The van der Waals surface area contributed by atoms with E-state index in [0.717, 1.165) is 5.56 Å². The van der Waals surface area contributed by atoms with E-state index in [-0.39, 0.29) is 11.7 Å². The van der Waals surface area contributed by atoms with Gasteiger partial charge in [-0.05, 0) is 17.7 Å². The highest BCUT2D eigenvalue weighted by Crippen LogP contribution is 2.16. The first kappa shape index (κ1) is 11.5. The van der Waals surface area contributed by atoms with Crippen LogP contribution in [-0.2, 0) is 6.54 Å². The molecule has 0 fully saturated rings. The van der Waals surface area contributed by atoms with E-state index in [2.05, 4.69) is 5.32 Å². The number of rotatable bonds is 2. The largest absolute Gasteiger partial charge is 0.331 e. The topological polar surface area (TPSA) is 58.4 Å². The average Bonchev–Trinajstić information content (AvgIpc) is 2.21. The predicted octanol–water partition coefficient (Wildman–Crippen LogP) is 1.38. The first-order valence-corrected chi connectivity index (χ1v) is 4.51. The number of carbonyl (C=O) groups excluding carboxylic acids is 1. The van der Waals surface area contributed by atoms with Gasteiger partial charge in [0.05, 0.1) is 5.69 Å². The highest BCUT2D eigenvalue weighted by atomic mass is 19.1. The minimum absolute atomic E-state index is 0.150. The number of urea groups is 1. The molecule has 3 N–H and O–H groups in total. The molecule has 1 rings (SSSR count). The molecule has 1 aromatic carbocycles. The van der Waals surface area contributed by atoms with Crippen LogP contribution in [0.25, 0.3) is 0 Å². The summed E-state index contributed by atoms with van der Waals surface area (Å²) in [7, 11) is 3.17. The number of nitrogens with two attached hydrogens (primary N) is 1. The van der Waals surface area contributed by atoms with Gasteiger partial charge in [0.15, 0.2) is 0 Å². The normalized spacial score (nSPS) is 9.87. The van der Waals surface area contributed by atoms with Crippen molar-refractivity contribution in [2.45, 2.75) is 6.54 Å². The summed E-state index contributed by atoms with van der Waals surface area (Å²) < 4.78 is 13.3. The van der Waals surface area contributed by atoms with Crippen LogP contribution in [0.4, 0.5) is 14.9 Å². The SMILES string of the molecule is CN(C)C(=O)Nc1cc(CN)ccc1F. The molecule has 82 valence electrons. The molecule has 0 radical (unpaired) electrons. The number of amides is 2. The van der Waals surface area contributed by atoms with E-state index >= 15 is 0 Å². The molecule has 0 atom stereocenters. The van der Waals surface area contributed by atoms with Crippen LogP contribution >= 0.6 is 0 Å². The Balaban J connectivity index is 2.88. The maximum atomic E-state index is 13.3. The molecule has 0 aromatic heterocycles. The monoisotopic (exact) mass is 211 g/mol. The van der Waals surface area contributed by atoms with Crippen molar-refractivity contribution in [2.75, 3.05) is 19.4 Å². The molecule has 1 aromatic rings. The van der Waals surface area contributed by atoms with E-state index in [4.69, 9.17) is 5.73 Å². The lowest BCUT2D eigenvalue weighted by Crippen LogP contribution is -2.27. The Morgan fingerprint density at radius 1 is 1.53 bits per heavy atom. The second-order valence-electron chi connectivity index (χ2n) is 3.34. The molecule has 15 heavy (non-hydrogen) atoms. The minimum atomic E-state index is -0.470. The van der Waals surface area contributed by atoms with Crippen molar-refractivity contribution >= 4 is 11.7 Å². The quantitative estimate of drug-likeness (QED) is 0.776. The van der Waals surface area contributed by atoms with Gasteiger partial charge < -0.3 is 16.0 Å². The maximum Gasteiger partial charge on any atom is 0.321 e. The van der Waals surface area contributed by atoms with Crippen LogP contribution < -0.4 is 11.1 Å². The fourth-order valence-electron chi connectivity index (χ4n) is 1.02. The third kappa shape index (κ3) is 2.92. The highest BCUT2D eigenvalue weighted by Gasteiger charge is 2.08. The fraction of sp³-hybridized carbons (Fsp3) is 0.300. The van der Waals surface area contributed by atoms with Gasteiger partial charge in [-0.1, -0.05) is 6.07 Å². The number of benzene rings is 1. The molecule has 0 saturated carbocycles. The lowest BCUT2D eigenvalue weighted by Gasteiger charge is -2.13. The molecule has 5 heteroatoms. The molecule has 0 aliphatic rings. The lowest BCUT2D eigenvalue weighted by atomic mass is 10.2. The standard InChI is InChI=1S/C10H14FN3O/c1-14(2)10(15)13-9-5-7(6-12)3-4-8(9)11/h3-5H,6,12H2,1-2H3,(H,13,15). The Hall–Kier alpha value is -1.62. The van der Waals surface area contributed by atoms with Gasteiger partial charge in [0.1, 0.15) is 5.82 Å². The van der Waals surface area contributed by atoms with Crippen LogP contribution in [0.2, 0.25) is 0 Å². The van der Waals surface area contributed by atoms with Gasteiger partial charge in [-0.25, -0.2) is 9.18 Å². The summed E-state index contributed by atoms with van der Waals surface area (Å²) in [5.41, 5.74) is 6.33. The van der Waals surface area contributed by atoms with Crippen LogP contribution in [0, 0.1) is 5.82 Å². The summed E-state index contributed by atoms with van der Waals surface area (Å²) in [6.07, 6.45) is 0. The summed E-state index contributed by atoms with van der Waals surface area (Å²) in [6, 6.07) is 4.02. The molecule has 2 amide bonds. The van der Waals surface area contributed by atoms with Crippen molar-refractivity contribution in [1.29, 1.82) is 0 Å².